The Morgan fingerprint density at radius 2 is 2.11 bits per heavy atom. The van der Waals surface area contributed by atoms with Gasteiger partial charge in [0.25, 0.3) is 0 Å². The van der Waals surface area contributed by atoms with Crippen molar-refractivity contribution >= 4 is 22.3 Å². The van der Waals surface area contributed by atoms with Crippen molar-refractivity contribution in [1.82, 2.24) is 5.32 Å². The molecule has 0 amide bonds. The second-order valence-corrected chi connectivity index (χ2v) is 5.59. The monoisotopic (exact) mass is 271 g/mol. The van der Waals surface area contributed by atoms with Crippen molar-refractivity contribution in [2.45, 2.75) is 19.9 Å². The molecule has 0 radical (unpaired) electrons. The molecule has 2 aromatic heterocycles. The summed E-state index contributed by atoms with van der Waals surface area (Å²) in [6.07, 6.45) is 0. The van der Waals surface area contributed by atoms with Crippen LogP contribution in [-0.2, 0) is 0 Å². The van der Waals surface area contributed by atoms with E-state index in [1.54, 1.807) is 11.3 Å². The molecule has 1 unspecified atom stereocenters. The predicted molar refractivity (Wildman–Crippen MR) is 80.8 cm³/mol. The molecular weight excluding hydrogens is 254 g/mol. The summed E-state index contributed by atoms with van der Waals surface area (Å²) in [5, 5.41) is 6.82. The number of hydrogen-bond donors (Lipinski definition) is 1. The number of para-hydroxylation sites is 1. The maximum Gasteiger partial charge on any atom is 0.134 e. The van der Waals surface area contributed by atoms with Gasteiger partial charge >= 0.3 is 0 Å². The van der Waals surface area contributed by atoms with Gasteiger partial charge in [-0.1, -0.05) is 25.1 Å². The molecule has 3 heteroatoms. The van der Waals surface area contributed by atoms with Crippen molar-refractivity contribution in [2.24, 2.45) is 0 Å². The number of rotatable bonds is 4. The molecule has 2 nitrogen and oxygen atoms in total. The highest BCUT2D eigenvalue weighted by Gasteiger charge is 2.20. The third kappa shape index (κ3) is 2.31. The van der Waals surface area contributed by atoms with Gasteiger partial charge in [0.15, 0.2) is 0 Å². The van der Waals surface area contributed by atoms with Gasteiger partial charge in [-0.3, -0.25) is 0 Å². The van der Waals surface area contributed by atoms with Crippen LogP contribution in [-0.4, -0.2) is 6.54 Å². The number of thiophene rings is 1. The Hall–Kier alpha value is -1.58. The molecule has 0 bridgehead atoms. The lowest BCUT2D eigenvalue weighted by Crippen LogP contribution is -2.21. The van der Waals surface area contributed by atoms with E-state index in [0.29, 0.717) is 0 Å². The lowest BCUT2D eigenvalue weighted by molar-refractivity contribution is 0.480. The van der Waals surface area contributed by atoms with Crippen LogP contribution in [0.2, 0.25) is 0 Å². The van der Waals surface area contributed by atoms with Crippen LogP contribution in [0.3, 0.4) is 0 Å². The van der Waals surface area contributed by atoms with Crippen LogP contribution < -0.4 is 5.32 Å². The third-order valence-corrected chi connectivity index (χ3v) is 4.39. The standard InChI is InChI=1S/C16H17NOS/c1-3-17-15(16-11(2)8-9-19-16)14-10-12-6-4-5-7-13(12)18-14/h4-10,15,17H,3H2,1-2H3. The second-order valence-electron chi connectivity index (χ2n) is 4.65. The number of furan rings is 1. The Labute approximate surface area is 117 Å². The van der Waals surface area contributed by atoms with Gasteiger partial charge in [0.1, 0.15) is 17.4 Å². The van der Waals surface area contributed by atoms with Crippen molar-refractivity contribution in [3.8, 4) is 0 Å². The lowest BCUT2D eigenvalue weighted by atomic mass is 10.1. The van der Waals surface area contributed by atoms with Crippen LogP contribution in [0.4, 0.5) is 0 Å². The maximum absolute atomic E-state index is 6.01. The fourth-order valence-corrected chi connectivity index (χ4v) is 3.36. The first-order valence-corrected chi connectivity index (χ1v) is 7.43. The summed E-state index contributed by atoms with van der Waals surface area (Å²) in [7, 11) is 0. The first-order valence-electron chi connectivity index (χ1n) is 6.55. The molecular formula is C16H17NOS. The molecule has 1 atom stereocenters. The minimum absolute atomic E-state index is 0.150. The second kappa shape index (κ2) is 5.19. The van der Waals surface area contributed by atoms with Gasteiger partial charge in [-0.25, -0.2) is 0 Å². The molecule has 19 heavy (non-hydrogen) atoms. The summed E-state index contributed by atoms with van der Waals surface area (Å²) in [5.74, 6) is 0.994. The number of benzene rings is 1. The topological polar surface area (TPSA) is 25.2 Å². The van der Waals surface area contributed by atoms with Crippen LogP contribution in [0, 0.1) is 6.92 Å². The Balaban J connectivity index is 2.07. The smallest absolute Gasteiger partial charge is 0.134 e. The van der Waals surface area contributed by atoms with Crippen molar-refractivity contribution in [1.29, 1.82) is 0 Å². The Kier molecular flexibility index (Phi) is 3.40. The van der Waals surface area contributed by atoms with E-state index in [1.807, 2.05) is 18.2 Å². The normalized spacial score (nSPS) is 12.9. The zero-order valence-electron chi connectivity index (χ0n) is 11.1. The summed E-state index contributed by atoms with van der Waals surface area (Å²) in [5.41, 5.74) is 2.27. The van der Waals surface area contributed by atoms with E-state index >= 15 is 0 Å². The van der Waals surface area contributed by atoms with Gasteiger partial charge in [0.2, 0.25) is 0 Å². The van der Waals surface area contributed by atoms with Gasteiger partial charge < -0.3 is 9.73 Å². The third-order valence-electron chi connectivity index (χ3n) is 3.30. The van der Waals surface area contributed by atoms with E-state index in [0.717, 1.165) is 23.3 Å². The molecule has 98 valence electrons. The Bertz CT molecular complexity index is 650. The summed E-state index contributed by atoms with van der Waals surface area (Å²) < 4.78 is 6.01. The Morgan fingerprint density at radius 3 is 2.79 bits per heavy atom. The molecule has 2 heterocycles. The highest BCUT2D eigenvalue weighted by molar-refractivity contribution is 7.10. The summed E-state index contributed by atoms with van der Waals surface area (Å²) in [6, 6.07) is 12.6. The summed E-state index contributed by atoms with van der Waals surface area (Å²) in [6.45, 7) is 5.19. The van der Waals surface area contributed by atoms with Crippen LogP contribution in [0.25, 0.3) is 11.0 Å². The van der Waals surface area contributed by atoms with E-state index in [4.69, 9.17) is 4.42 Å². The van der Waals surface area contributed by atoms with Crippen molar-refractivity contribution in [3.05, 3.63) is 58.0 Å². The minimum atomic E-state index is 0.150. The van der Waals surface area contributed by atoms with E-state index in [1.165, 1.54) is 10.4 Å². The van der Waals surface area contributed by atoms with Gasteiger partial charge in [0, 0.05) is 10.3 Å². The fourth-order valence-electron chi connectivity index (χ4n) is 2.35. The molecule has 0 fully saturated rings. The van der Waals surface area contributed by atoms with E-state index in [9.17, 15) is 0 Å². The summed E-state index contributed by atoms with van der Waals surface area (Å²) in [4.78, 5) is 1.33. The largest absolute Gasteiger partial charge is 0.459 e. The quantitative estimate of drug-likeness (QED) is 0.755. The van der Waals surface area contributed by atoms with Crippen molar-refractivity contribution < 1.29 is 4.42 Å². The molecule has 0 saturated carbocycles. The average molecular weight is 271 g/mol. The number of hydrogen-bond acceptors (Lipinski definition) is 3. The van der Waals surface area contributed by atoms with E-state index < -0.39 is 0 Å². The lowest BCUT2D eigenvalue weighted by Gasteiger charge is -2.15. The van der Waals surface area contributed by atoms with Gasteiger partial charge in [-0.15, -0.1) is 11.3 Å². The van der Waals surface area contributed by atoms with Gasteiger partial charge in [-0.2, -0.15) is 0 Å². The fraction of sp³-hybridized carbons (Fsp3) is 0.250. The molecule has 0 aliphatic heterocycles. The van der Waals surface area contributed by atoms with Crippen LogP contribution in [0.1, 0.15) is 29.2 Å². The Morgan fingerprint density at radius 1 is 1.26 bits per heavy atom. The average Bonchev–Trinajstić information content (AvgIpc) is 3.02. The predicted octanol–water partition coefficient (Wildman–Crippen LogP) is 4.50. The first-order chi connectivity index (χ1) is 9.29. The molecule has 1 aromatic carbocycles. The zero-order valence-corrected chi connectivity index (χ0v) is 12.0. The van der Waals surface area contributed by atoms with E-state index in [2.05, 4.69) is 42.7 Å². The van der Waals surface area contributed by atoms with Gasteiger partial charge in [-0.05, 0) is 42.6 Å². The molecule has 3 aromatic rings. The van der Waals surface area contributed by atoms with Crippen LogP contribution in [0.5, 0.6) is 0 Å². The molecule has 1 N–H and O–H groups in total. The zero-order chi connectivity index (χ0) is 13.2. The SMILES string of the molecule is CCNC(c1cc2ccccc2o1)c1sccc1C. The van der Waals surface area contributed by atoms with Crippen LogP contribution in [0.15, 0.2) is 46.2 Å². The molecule has 0 aliphatic rings. The maximum atomic E-state index is 6.01. The highest BCUT2D eigenvalue weighted by Crippen LogP contribution is 2.32. The number of fused-ring (bicyclic) bond motifs is 1. The number of nitrogens with one attached hydrogen (secondary N) is 1. The van der Waals surface area contributed by atoms with Crippen molar-refractivity contribution in [3.63, 3.8) is 0 Å². The first kappa shape index (κ1) is 12.5. The van der Waals surface area contributed by atoms with Crippen LogP contribution >= 0.6 is 11.3 Å². The molecule has 3 rings (SSSR count). The molecule has 0 aliphatic carbocycles. The number of aryl methyl sites for hydroxylation is 1. The molecule has 0 spiro atoms. The van der Waals surface area contributed by atoms with Crippen molar-refractivity contribution in [2.75, 3.05) is 6.54 Å². The van der Waals surface area contributed by atoms with Gasteiger partial charge in [0.05, 0.1) is 0 Å². The highest BCUT2D eigenvalue weighted by atomic mass is 32.1. The summed E-state index contributed by atoms with van der Waals surface area (Å²) >= 11 is 1.78. The van der Waals surface area contributed by atoms with E-state index in [-0.39, 0.29) is 6.04 Å². The molecule has 0 saturated heterocycles. The minimum Gasteiger partial charge on any atom is -0.459 e.